The van der Waals surface area contributed by atoms with E-state index in [0.29, 0.717) is 0 Å². The number of nitrogens with zero attached hydrogens (tertiary/aromatic N) is 3. The number of piperazine rings is 1. The van der Waals surface area contributed by atoms with E-state index >= 15 is 0 Å². The summed E-state index contributed by atoms with van der Waals surface area (Å²) in [4.78, 5) is 9.63. The summed E-state index contributed by atoms with van der Waals surface area (Å²) >= 11 is 1.83. The molecule has 3 nitrogen and oxygen atoms in total. The lowest BCUT2D eigenvalue weighted by Crippen LogP contribution is -2.44. The van der Waals surface area contributed by atoms with E-state index in [1.165, 1.54) is 43.2 Å². The molecule has 3 rings (SSSR count). The highest BCUT2D eigenvalue weighted by molar-refractivity contribution is 7.13. The molecule has 88 valence electrons. The first-order valence-corrected chi connectivity index (χ1v) is 7.10. The van der Waals surface area contributed by atoms with Crippen molar-refractivity contribution in [3.05, 3.63) is 11.1 Å². The van der Waals surface area contributed by atoms with Crippen molar-refractivity contribution in [3.63, 3.8) is 0 Å². The second kappa shape index (κ2) is 4.34. The van der Waals surface area contributed by atoms with Crippen LogP contribution >= 0.6 is 11.3 Å². The summed E-state index contributed by atoms with van der Waals surface area (Å²) in [6.45, 7) is 4.60. The largest absolute Gasteiger partial charge is 0.346 e. The summed E-state index contributed by atoms with van der Waals surface area (Å²) in [5.41, 5.74) is 1.35. The van der Waals surface area contributed by atoms with E-state index in [4.69, 9.17) is 4.98 Å². The quantitative estimate of drug-likeness (QED) is 0.786. The van der Waals surface area contributed by atoms with Gasteiger partial charge in [0.25, 0.3) is 0 Å². The van der Waals surface area contributed by atoms with Crippen LogP contribution in [0.15, 0.2) is 5.38 Å². The Morgan fingerprint density at radius 1 is 1.25 bits per heavy atom. The first-order valence-electron chi connectivity index (χ1n) is 6.22. The third-order valence-electron chi connectivity index (χ3n) is 3.81. The molecule has 0 amide bonds. The molecule has 2 fully saturated rings. The maximum absolute atomic E-state index is 4.81. The molecule has 1 saturated heterocycles. The van der Waals surface area contributed by atoms with Gasteiger partial charge in [0, 0.05) is 37.5 Å². The lowest BCUT2D eigenvalue weighted by Gasteiger charge is -2.32. The number of hydrogen-bond donors (Lipinski definition) is 0. The molecule has 4 heteroatoms. The molecule has 2 heterocycles. The van der Waals surface area contributed by atoms with Crippen molar-refractivity contribution in [3.8, 4) is 0 Å². The van der Waals surface area contributed by atoms with Gasteiger partial charge in [0.1, 0.15) is 0 Å². The lowest BCUT2D eigenvalue weighted by molar-refractivity contribution is 0.312. The highest BCUT2D eigenvalue weighted by atomic mass is 32.1. The van der Waals surface area contributed by atoms with Crippen LogP contribution in [0.5, 0.6) is 0 Å². The minimum Gasteiger partial charge on any atom is -0.346 e. The zero-order chi connectivity index (χ0) is 11.0. The molecule has 1 aliphatic carbocycles. The summed E-state index contributed by atoms with van der Waals surface area (Å²) in [5.74, 6) is 0.775. The van der Waals surface area contributed by atoms with Gasteiger partial charge in [-0.15, -0.1) is 11.3 Å². The van der Waals surface area contributed by atoms with Gasteiger partial charge >= 0.3 is 0 Å². The lowest BCUT2D eigenvalue weighted by atomic mass is 9.83. The fourth-order valence-electron chi connectivity index (χ4n) is 2.31. The van der Waals surface area contributed by atoms with Crippen LogP contribution in [0.4, 0.5) is 5.13 Å². The van der Waals surface area contributed by atoms with Crippen molar-refractivity contribution < 1.29 is 0 Å². The maximum Gasteiger partial charge on any atom is 0.185 e. The Labute approximate surface area is 101 Å². The van der Waals surface area contributed by atoms with Crippen LogP contribution in [0.2, 0.25) is 0 Å². The normalized spacial score (nSPS) is 23.4. The molecule has 16 heavy (non-hydrogen) atoms. The van der Waals surface area contributed by atoms with Gasteiger partial charge in [-0.25, -0.2) is 4.98 Å². The minimum absolute atomic E-state index is 0.775. The predicted molar refractivity (Wildman–Crippen MR) is 68.4 cm³/mol. The van der Waals surface area contributed by atoms with Crippen LogP contribution in [0, 0.1) is 0 Å². The van der Waals surface area contributed by atoms with Crippen molar-refractivity contribution in [2.75, 3.05) is 38.1 Å². The molecule has 0 bridgehead atoms. The van der Waals surface area contributed by atoms with Gasteiger partial charge in [-0.3, -0.25) is 0 Å². The highest BCUT2D eigenvalue weighted by Crippen LogP contribution is 2.38. The smallest absolute Gasteiger partial charge is 0.185 e. The van der Waals surface area contributed by atoms with Crippen molar-refractivity contribution in [2.45, 2.75) is 25.2 Å². The van der Waals surface area contributed by atoms with E-state index in [1.54, 1.807) is 0 Å². The second-order valence-corrected chi connectivity index (χ2v) is 5.81. The van der Waals surface area contributed by atoms with Crippen LogP contribution in [-0.2, 0) is 0 Å². The van der Waals surface area contributed by atoms with Gasteiger partial charge in [0.15, 0.2) is 5.13 Å². The topological polar surface area (TPSA) is 19.4 Å². The van der Waals surface area contributed by atoms with Gasteiger partial charge in [-0.05, 0) is 19.9 Å². The predicted octanol–water partition coefficient (Wildman–Crippen LogP) is 2.16. The molecular weight excluding hydrogens is 218 g/mol. The first-order chi connectivity index (χ1) is 7.83. The fourth-order valence-corrected chi connectivity index (χ4v) is 3.27. The SMILES string of the molecule is CN1CCN(c2nc(C3CCC3)cs2)CC1. The van der Waals surface area contributed by atoms with E-state index in [1.807, 2.05) is 11.3 Å². The molecule has 0 unspecified atom stereocenters. The molecule has 0 radical (unpaired) electrons. The Bertz CT molecular complexity index is 351. The molecule has 2 aliphatic rings. The zero-order valence-corrected chi connectivity index (χ0v) is 10.7. The number of aromatic nitrogens is 1. The monoisotopic (exact) mass is 237 g/mol. The van der Waals surface area contributed by atoms with Crippen LogP contribution in [0.1, 0.15) is 30.9 Å². The molecule has 0 atom stereocenters. The molecule has 0 spiro atoms. The third kappa shape index (κ3) is 1.96. The Morgan fingerprint density at radius 3 is 2.62 bits per heavy atom. The van der Waals surface area contributed by atoms with Crippen molar-refractivity contribution in [2.24, 2.45) is 0 Å². The fraction of sp³-hybridized carbons (Fsp3) is 0.750. The van der Waals surface area contributed by atoms with E-state index in [-0.39, 0.29) is 0 Å². The first kappa shape index (κ1) is 10.5. The van der Waals surface area contributed by atoms with Gasteiger partial charge < -0.3 is 9.80 Å². The van der Waals surface area contributed by atoms with E-state index < -0.39 is 0 Å². The summed E-state index contributed by atoms with van der Waals surface area (Å²) < 4.78 is 0. The van der Waals surface area contributed by atoms with Gasteiger partial charge in [-0.1, -0.05) is 6.42 Å². The van der Waals surface area contributed by atoms with Crippen molar-refractivity contribution in [1.29, 1.82) is 0 Å². The molecule has 1 aromatic heterocycles. The van der Waals surface area contributed by atoms with Gasteiger partial charge in [-0.2, -0.15) is 0 Å². The van der Waals surface area contributed by atoms with Crippen LogP contribution < -0.4 is 4.90 Å². The van der Waals surface area contributed by atoms with Crippen LogP contribution in [0.25, 0.3) is 0 Å². The summed E-state index contributed by atoms with van der Waals surface area (Å²) in [6.07, 6.45) is 4.10. The van der Waals surface area contributed by atoms with Crippen LogP contribution in [0.3, 0.4) is 0 Å². The van der Waals surface area contributed by atoms with Crippen LogP contribution in [-0.4, -0.2) is 43.1 Å². The standard InChI is InChI=1S/C12H19N3S/c1-14-5-7-15(8-6-14)12-13-11(9-16-12)10-3-2-4-10/h9-10H,2-8H2,1H3. The summed E-state index contributed by atoms with van der Waals surface area (Å²) in [7, 11) is 2.19. The average Bonchev–Trinajstić information content (AvgIpc) is 2.65. The zero-order valence-electron chi connectivity index (χ0n) is 9.85. The highest BCUT2D eigenvalue weighted by Gasteiger charge is 2.24. The van der Waals surface area contributed by atoms with E-state index in [9.17, 15) is 0 Å². The number of hydrogen-bond acceptors (Lipinski definition) is 4. The Morgan fingerprint density at radius 2 is 2.00 bits per heavy atom. The molecular formula is C12H19N3S. The van der Waals surface area contributed by atoms with Gasteiger partial charge in [0.2, 0.25) is 0 Å². The van der Waals surface area contributed by atoms with E-state index in [0.717, 1.165) is 19.0 Å². The third-order valence-corrected chi connectivity index (χ3v) is 4.73. The molecule has 1 aliphatic heterocycles. The molecule has 0 aromatic carbocycles. The number of thiazole rings is 1. The molecule has 1 aromatic rings. The average molecular weight is 237 g/mol. The van der Waals surface area contributed by atoms with Crippen molar-refractivity contribution in [1.82, 2.24) is 9.88 Å². The van der Waals surface area contributed by atoms with Gasteiger partial charge in [0.05, 0.1) is 5.69 Å². The Balaban J connectivity index is 1.67. The number of anilines is 1. The summed E-state index contributed by atoms with van der Waals surface area (Å²) in [5, 5.41) is 3.52. The molecule has 1 saturated carbocycles. The minimum atomic E-state index is 0.775. The van der Waals surface area contributed by atoms with Crippen molar-refractivity contribution >= 4 is 16.5 Å². The number of rotatable bonds is 2. The molecule has 0 N–H and O–H groups in total. The maximum atomic E-state index is 4.81. The Hall–Kier alpha value is -0.610. The second-order valence-electron chi connectivity index (χ2n) is 4.97. The Kier molecular flexibility index (Phi) is 2.86. The number of likely N-dealkylation sites (N-methyl/N-ethyl adjacent to an activating group) is 1. The summed E-state index contributed by atoms with van der Waals surface area (Å²) in [6, 6.07) is 0. The van der Waals surface area contributed by atoms with E-state index in [2.05, 4.69) is 22.2 Å².